The normalized spacial score (nSPS) is 12.9. The van der Waals surface area contributed by atoms with Gasteiger partial charge in [-0.1, -0.05) is 27.7 Å². The molecule has 118 valence electrons. The highest BCUT2D eigenvalue weighted by Gasteiger charge is 2.29. The SMILES string of the molecule is CCOC(=O)c1cc(CC)sc1NC(=O)C(N)C(C)(C)C. The van der Waals surface area contributed by atoms with Crippen molar-refractivity contribution in [3.63, 3.8) is 0 Å². The molecule has 5 nitrogen and oxygen atoms in total. The molecule has 0 aliphatic rings. The van der Waals surface area contributed by atoms with E-state index in [9.17, 15) is 9.59 Å². The molecule has 1 amide bonds. The zero-order valence-electron chi connectivity index (χ0n) is 13.3. The summed E-state index contributed by atoms with van der Waals surface area (Å²) in [5, 5.41) is 3.27. The van der Waals surface area contributed by atoms with E-state index < -0.39 is 12.0 Å². The van der Waals surface area contributed by atoms with E-state index in [0.29, 0.717) is 17.2 Å². The van der Waals surface area contributed by atoms with Crippen LogP contribution in [0.25, 0.3) is 0 Å². The van der Waals surface area contributed by atoms with Crippen molar-refractivity contribution < 1.29 is 14.3 Å². The predicted octanol–water partition coefficient (Wildman–Crippen LogP) is 2.80. The first-order valence-corrected chi connectivity index (χ1v) is 7.88. The van der Waals surface area contributed by atoms with Crippen molar-refractivity contribution in [1.82, 2.24) is 0 Å². The van der Waals surface area contributed by atoms with E-state index in [1.165, 1.54) is 11.3 Å². The first kappa shape index (κ1) is 17.7. The lowest BCUT2D eigenvalue weighted by Crippen LogP contribution is -2.45. The second-order valence-electron chi connectivity index (χ2n) is 5.86. The zero-order valence-corrected chi connectivity index (χ0v) is 14.1. The number of aryl methyl sites for hydroxylation is 1. The van der Waals surface area contributed by atoms with E-state index in [1.807, 2.05) is 27.7 Å². The number of anilines is 1. The van der Waals surface area contributed by atoms with Gasteiger partial charge < -0.3 is 15.8 Å². The van der Waals surface area contributed by atoms with E-state index in [0.717, 1.165) is 11.3 Å². The summed E-state index contributed by atoms with van der Waals surface area (Å²) < 4.78 is 5.02. The maximum absolute atomic E-state index is 12.2. The number of hydrogen-bond acceptors (Lipinski definition) is 5. The molecule has 0 saturated carbocycles. The lowest BCUT2D eigenvalue weighted by molar-refractivity contribution is -0.119. The Hall–Kier alpha value is -1.40. The molecule has 1 aromatic rings. The van der Waals surface area contributed by atoms with Gasteiger partial charge in [-0.15, -0.1) is 11.3 Å². The summed E-state index contributed by atoms with van der Waals surface area (Å²) in [5.41, 5.74) is 5.99. The van der Waals surface area contributed by atoms with Crippen molar-refractivity contribution in [1.29, 1.82) is 0 Å². The Labute approximate surface area is 129 Å². The molecule has 0 spiro atoms. The maximum Gasteiger partial charge on any atom is 0.341 e. The monoisotopic (exact) mass is 312 g/mol. The molecule has 1 rings (SSSR count). The summed E-state index contributed by atoms with van der Waals surface area (Å²) in [6.07, 6.45) is 0.790. The Kier molecular flexibility index (Phi) is 5.92. The Morgan fingerprint density at radius 2 is 2.00 bits per heavy atom. The highest BCUT2D eigenvalue weighted by molar-refractivity contribution is 7.16. The van der Waals surface area contributed by atoms with Gasteiger partial charge in [0, 0.05) is 4.88 Å². The predicted molar refractivity (Wildman–Crippen MR) is 85.7 cm³/mol. The molecule has 6 heteroatoms. The summed E-state index contributed by atoms with van der Waals surface area (Å²) in [5.74, 6) is -0.717. The molecule has 21 heavy (non-hydrogen) atoms. The van der Waals surface area contributed by atoms with Gasteiger partial charge in [-0.05, 0) is 24.8 Å². The van der Waals surface area contributed by atoms with Gasteiger partial charge in [-0.25, -0.2) is 4.79 Å². The fourth-order valence-electron chi connectivity index (χ4n) is 1.65. The number of nitrogens with two attached hydrogens (primary N) is 1. The second-order valence-corrected chi connectivity index (χ2v) is 7.00. The minimum Gasteiger partial charge on any atom is -0.462 e. The molecule has 0 aromatic carbocycles. The summed E-state index contributed by atoms with van der Waals surface area (Å²) >= 11 is 1.38. The van der Waals surface area contributed by atoms with Crippen LogP contribution in [0.2, 0.25) is 0 Å². The maximum atomic E-state index is 12.2. The van der Waals surface area contributed by atoms with Crippen LogP contribution in [-0.2, 0) is 16.0 Å². The van der Waals surface area contributed by atoms with Gasteiger partial charge in [0.25, 0.3) is 0 Å². The topological polar surface area (TPSA) is 81.4 Å². The summed E-state index contributed by atoms with van der Waals surface area (Å²) in [4.78, 5) is 25.2. The molecule has 1 unspecified atom stereocenters. The molecule has 1 atom stereocenters. The molecule has 0 saturated heterocycles. The van der Waals surface area contributed by atoms with Gasteiger partial charge in [0.2, 0.25) is 5.91 Å². The van der Waals surface area contributed by atoms with E-state index in [4.69, 9.17) is 10.5 Å². The smallest absolute Gasteiger partial charge is 0.341 e. The summed E-state index contributed by atoms with van der Waals surface area (Å²) in [6, 6.07) is 1.11. The summed E-state index contributed by atoms with van der Waals surface area (Å²) in [7, 11) is 0. The molecule has 1 heterocycles. The van der Waals surface area contributed by atoms with Crippen molar-refractivity contribution >= 4 is 28.2 Å². The number of carbonyl (C=O) groups excluding carboxylic acids is 2. The van der Waals surface area contributed by atoms with Crippen molar-refractivity contribution in [2.45, 2.75) is 47.1 Å². The van der Waals surface area contributed by atoms with Gasteiger partial charge in [-0.2, -0.15) is 0 Å². The number of ether oxygens (including phenoxy) is 1. The van der Waals surface area contributed by atoms with Crippen LogP contribution in [-0.4, -0.2) is 24.5 Å². The molecule has 0 aliphatic heterocycles. The van der Waals surface area contributed by atoms with Crippen molar-refractivity contribution in [3.8, 4) is 0 Å². The van der Waals surface area contributed by atoms with Crippen LogP contribution in [0.3, 0.4) is 0 Å². The standard InChI is InChI=1S/C15H24N2O3S/c1-6-9-8-10(14(19)20-7-2)13(21-9)17-12(18)11(16)15(3,4)5/h8,11H,6-7,16H2,1-5H3,(H,17,18). The van der Waals surface area contributed by atoms with Crippen LogP contribution in [0, 0.1) is 5.41 Å². The Morgan fingerprint density at radius 3 is 2.48 bits per heavy atom. The molecular weight excluding hydrogens is 288 g/mol. The number of thiophene rings is 1. The Morgan fingerprint density at radius 1 is 1.38 bits per heavy atom. The van der Waals surface area contributed by atoms with Crippen molar-refractivity contribution in [2.75, 3.05) is 11.9 Å². The van der Waals surface area contributed by atoms with Crippen LogP contribution in [0.4, 0.5) is 5.00 Å². The van der Waals surface area contributed by atoms with Crippen LogP contribution in [0.5, 0.6) is 0 Å². The molecule has 3 N–H and O–H groups in total. The van der Waals surface area contributed by atoms with Gasteiger partial charge in [0.05, 0.1) is 18.2 Å². The first-order valence-electron chi connectivity index (χ1n) is 7.07. The lowest BCUT2D eigenvalue weighted by atomic mass is 9.87. The molecule has 0 radical (unpaired) electrons. The quantitative estimate of drug-likeness (QED) is 0.819. The van der Waals surface area contributed by atoms with E-state index >= 15 is 0 Å². The highest BCUT2D eigenvalue weighted by atomic mass is 32.1. The number of carbonyl (C=O) groups is 2. The Bertz CT molecular complexity index is 517. The van der Waals surface area contributed by atoms with Crippen LogP contribution in [0.1, 0.15) is 49.9 Å². The highest BCUT2D eigenvalue weighted by Crippen LogP contribution is 2.30. The number of amides is 1. The largest absolute Gasteiger partial charge is 0.462 e. The van der Waals surface area contributed by atoms with Crippen LogP contribution >= 0.6 is 11.3 Å². The average Bonchev–Trinajstić information content (AvgIpc) is 2.80. The van der Waals surface area contributed by atoms with Crippen molar-refractivity contribution in [2.24, 2.45) is 11.1 Å². The van der Waals surface area contributed by atoms with Gasteiger partial charge in [0.15, 0.2) is 0 Å². The van der Waals surface area contributed by atoms with Crippen LogP contribution < -0.4 is 11.1 Å². The molecule has 0 aliphatic carbocycles. The Balaban J connectivity index is 2.99. The van der Waals surface area contributed by atoms with Gasteiger partial charge in [0.1, 0.15) is 5.00 Å². The minimum atomic E-state index is -0.653. The fourth-order valence-corrected chi connectivity index (χ4v) is 2.64. The van der Waals surface area contributed by atoms with Gasteiger partial charge >= 0.3 is 5.97 Å². The third-order valence-electron chi connectivity index (χ3n) is 3.08. The minimum absolute atomic E-state index is 0.294. The number of esters is 1. The second kappa shape index (κ2) is 7.04. The average molecular weight is 312 g/mol. The third-order valence-corrected chi connectivity index (χ3v) is 4.27. The molecule has 0 bridgehead atoms. The molecule has 1 aromatic heterocycles. The first-order chi connectivity index (χ1) is 9.70. The third kappa shape index (κ3) is 4.54. The van der Waals surface area contributed by atoms with E-state index in [1.54, 1.807) is 13.0 Å². The van der Waals surface area contributed by atoms with Gasteiger partial charge in [-0.3, -0.25) is 4.79 Å². The summed E-state index contributed by atoms with van der Waals surface area (Å²) in [6.45, 7) is 9.73. The van der Waals surface area contributed by atoms with Crippen LogP contribution in [0.15, 0.2) is 6.07 Å². The van der Waals surface area contributed by atoms with Crippen molar-refractivity contribution in [3.05, 3.63) is 16.5 Å². The van der Waals surface area contributed by atoms with E-state index in [-0.39, 0.29) is 11.3 Å². The fraction of sp³-hybridized carbons (Fsp3) is 0.600. The number of rotatable bonds is 5. The van der Waals surface area contributed by atoms with E-state index in [2.05, 4.69) is 5.32 Å². The lowest BCUT2D eigenvalue weighted by Gasteiger charge is -2.25. The molecular formula is C15H24N2O3S. The number of hydrogen-bond donors (Lipinski definition) is 2. The zero-order chi connectivity index (χ0) is 16.2. The number of nitrogens with one attached hydrogen (secondary N) is 1. The molecule has 0 fully saturated rings.